The van der Waals surface area contributed by atoms with Crippen molar-refractivity contribution in [3.8, 4) is 0 Å². The van der Waals surface area contributed by atoms with Crippen molar-refractivity contribution in [2.75, 3.05) is 4.90 Å². The third-order valence-electron chi connectivity index (χ3n) is 4.29. The Bertz CT molecular complexity index is 458. The molecule has 3 atom stereocenters. The van der Waals surface area contributed by atoms with Crippen LogP contribution in [0.25, 0.3) is 0 Å². The molecule has 0 aromatic heterocycles. The van der Waals surface area contributed by atoms with Crippen molar-refractivity contribution in [3.05, 3.63) is 29.1 Å². The second kappa shape index (κ2) is 5.49. The number of rotatable bonds is 3. The minimum atomic E-state index is -0.643. The lowest BCUT2D eigenvalue weighted by Crippen LogP contribution is -2.35. The summed E-state index contributed by atoms with van der Waals surface area (Å²) in [7, 11) is 0. The quantitative estimate of drug-likeness (QED) is 0.894. The van der Waals surface area contributed by atoms with Gasteiger partial charge in [-0.2, -0.15) is 0 Å². The highest BCUT2D eigenvalue weighted by Crippen LogP contribution is 2.37. The van der Waals surface area contributed by atoms with E-state index in [1.807, 2.05) is 6.07 Å². The van der Waals surface area contributed by atoms with Crippen LogP contribution in [-0.4, -0.2) is 17.2 Å². The molecule has 1 aromatic carbocycles. The molecule has 1 heterocycles. The fraction of sp³-hybridized carbons (Fsp3) is 0.625. The molecule has 2 rings (SSSR count). The highest BCUT2D eigenvalue weighted by atomic mass is 19.1. The van der Waals surface area contributed by atoms with Gasteiger partial charge in [0.05, 0.1) is 6.10 Å². The van der Waals surface area contributed by atoms with Crippen LogP contribution in [0.15, 0.2) is 12.1 Å². The zero-order chi connectivity index (χ0) is 14.2. The van der Waals surface area contributed by atoms with Gasteiger partial charge in [-0.3, -0.25) is 0 Å². The van der Waals surface area contributed by atoms with Crippen LogP contribution in [0.2, 0.25) is 0 Å². The van der Waals surface area contributed by atoms with E-state index in [1.165, 1.54) is 12.5 Å². The first-order valence-corrected chi connectivity index (χ1v) is 7.22. The van der Waals surface area contributed by atoms with Gasteiger partial charge in [-0.1, -0.05) is 6.92 Å². The van der Waals surface area contributed by atoms with Crippen molar-refractivity contribution in [1.29, 1.82) is 0 Å². The van der Waals surface area contributed by atoms with E-state index in [0.717, 1.165) is 18.5 Å². The summed E-state index contributed by atoms with van der Waals surface area (Å²) in [6.45, 7) is 7.88. The molecule has 0 bridgehead atoms. The molecule has 2 nitrogen and oxygen atoms in total. The minimum Gasteiger partial charge on any atom is -0.389 e. The monoisotopic (exact) mass is 265 g/mol. The molecule has 1 aliphatic rings. The maximum absolute atomic E-state index is 13.8. The van der Waals surface area contributed by atoms with Gasteiger partial charge in [0, 0.05) is 23.3 Å². The summed E-state index contributed by atoms with van der Waals surface area (Å²) in [5.41, 5.74) is 2.36. The molecule has 0 amide bonds. The fourth-order valence-electron chi connectivity index (χ4n) is 3.15. The average Bonchev–Trinajstić information content (AvgIpc) is 2.73. The summed E-state index contributed by atoms with van der Waals surface area (Å²) in [5.74, 6) is -0.237. The van der Waals surface area contributed by atoms with Crippen molar-refractivity contribution in [2.24, 2.45) is 0 Å². The summed E-state index contributed by atoms with van der Waals surface area (Å²) >= 11 is 0. The normalized spacial score (nSPS) is 24.8. The molecule has 19 heavy (non-hydrogen) atoms. The number of halogens is 1. The summed E-state index contributed by atoms with van der Waals surface area (Å²) in [6, 6.07) is 4.33. The Morgan fingerprint density at radius 3 is 2.68 bits per heavy atom. The van der Waals surface area contributed by atoms with Crippen LogP contribution >= 0.6 is 0 Å². The first-order valence-electron chi connectivity index (χ1n) is 7.22. The lowest BCUT2D eigenvalue weighted by Gasteiger charge is -2.33. The molecule has 2 unspecified atom stereocenters. The van der Waals surface area contributed by atoms with Gasteiger partial charge in [0.15, 0.2) is 0 Å². The number of aliphatic hydroxyl groups excluding tert-OH is 1. The van der Waals surface area contributed by atoms with Gasteiger partial charge >= 0.3 is 0 Å². The second-order valence-electron chi connectivity index (χ2n) is 5.73. The van der Waals surface area contributed by atoms with Gasteiger partial charge in [0.2, 0.25) is 0 Å². The smallest absolute Gasteiger partial charge is 0.126 e. The van der Waals surface area contributed by atoms with Crippen LogP contribution in [0.1, 0.15) is 57.3 Å². The SMILES string of the molecule is CCC1CCC(C)N1c1cc(C)c(F)cc1[C@H](C)O. The number of hydrogen-bond donors (Lipinski definition) is 1. The predicted molar refractivity (Wildman–Crippen MR) is 77.0 cm³/mol. The van der Waals surface area contributed by atoms with E-state index in [-0.39, 0.29) is 5.82 Å². The number of nitrogens with zero attached hydrogens (tertiary/aromatic N) is 1. The van der Waals surface area contributed by atoms with Crippen LogP contribution in [0, 0.1) is 12.7 Å². The van der Waals surface area contributed by atoms with E-state index >= 15 is 0 Å². The molecule has 3 heteroatoms. The lowest BCUT2D eigenvalue weighted by atomic mass is 10.0. The Kier molecular flexibility index (Phi) is 4.14. The van der Waals surface area contributed by atoms with Gasteiger partial charge in [0.1, 0.15) is 5.82 Å². The van der Waals surface area contributed by atoms with E-state index in [9.17, 15) is 9.50 Å². The number of benzene rings is 1. The molecule has 0 spiro atoms. The molecule has 106 valence electrons. The molecule has 0 radical (unpaired) electrons. The van der Waals surface area contributed by atoms with E-state index in [2.05, 4.69) is 18.7 Å². The Labute approximate surface area is 115 Å². The average molecular weight is 265 g/mol. The van der Waals surface area contributed by atoms with Gasteiger partial charge in [-0.15, -0.1) is 0 Å². The number of hydrogen-bond acceptors (Lipinski definition) is 2. The van der Waals surface area contributed by atoms with E-state index in [4.69, 9.17) is 0 Å². The van der Waals surface area contributed by atoms with Crippen molar-refractivity contribution in [3.63, 3.8) is 0 Å². The van der Waals surface area contributed by atoms with Gasteiger partial charge < -0.3 is 10.0 Å². The highest BCUT2D eigenvalue weighted by Gasteiger charge is 2.31. The van der Waals surface area contributed by atoms with Crippen molar-refractivity contribution in [1.82, 2.24) is 0 Å². The number of aryl methyl sites for hydroxylation is 1. The van der Waals surface area contributed by atoms with Crippen LogP contribution in [0.5, 0.6) is 0 Å². The first-order chi connectivity index (χ1) is 8.95. The molecule has 1 saturated heterocycles. The Morgan fingerprint density at radius 1 is 1.42 bits per heavy atom. The first kappa shape index (κ1) is 14.3. The fourth-order valence-corrected chi connectivity index (χ4v) is 3.15. The minimum absolute atomic E-state index is 0.237. The molecular formula is C16H24FNO. The molecule has 0 saturated carbocycles. The zero-order valence-electron chi connectivity index (χ0n) is 12.3. The molecular weight excluding hydrogens is 241 g/mol. The van der Waals surface area contributed by atoms with Gasteiger partial charge in [-0.25, -0.2) is 4.39 Å². The molecule has 1 fully saturated rings. The Morgan fingerprint density at radius 2 is 2.11 bits per heavy atom. The van der Waals surface area contributed by atoms with Crippen LogP contribution in [0.4, 0.5) is 10.1 Å². The highest BCUT2D eigenvalue weighted by molar-refractivity contribution is 5.59. The van der Waals surface area contributed by atoms with Gasteiger partial charge in [0.25, 0.3) is 0 Å². The molecule has 1 N–H and O–H groups in total. The van der Waals surface area contributed by atoms with Crippen LogP contribution in [0.3, 0.4) is 0 Å². The molecule has 1 aliphatic heterocycles. The number of aliphatic hydroxyl groups is 1. The van der Waals surface area contributed by atoms with E-state index in [1.54, 1.807) is 13.8 Å². The van der Waals surface area contributed by atoms with E-state index in [0.29, 0.717) is 23.2 Å². The Balaban J connectivity index is 2.50. The maximum atomic E-state index is 13.8. The lowest BCUT2D eigenvalue weighted by molar-refractivity contribution is 0.199. The molecule has 0 aliphatic carbocycles. The second-order valence-corrected chi connectivity index (χ2v) is 5.73. The van der Waals surface area contributed by atoms with Crippen molar-refractivity contribution in [2.45, 2.75) is 65.1 Å². The zero-order valence-corrected chi connectivity index (χ0v) is 12.3. The summed E-state index contributed by atoms with van der Waals surface area (Å²) in [6.07, 6.45) is 2.78. The summed E-state index contributed by atoms with van der Waals surface area (Å²) < 4.78 is 13.8. The van der Waals surface area contributed by atoms with Gasteiger partial charge in [-0.05, 0) is 57.7 Å². The Hall–Kier alpha value is -1.09. The maximum Gasteiger partial charge on any atom is 0.126 e. The van der Waals surface area contributed by atoms with E-state index < -0.39 is 6.10 Å². The predicted octanol–water partition coefficient (Wildman–Crippen LogP) is 3.95. The number of anilines is 1. The van der Waals surface area contributed by atoms with Crippen LogP contribution < -0.4 is 4.90 Å². The summed E-state index contributed by atoms with van der Waals surface area (Å²) in [5, 5.41) is 9.93. The summed E-state index contributed by atoms with van der Waals surface area (Å²) in [4.78, 5) is 2.37. The van der Waals surface area contributed by atoms with Crippen LogP contribution in [-0.2, 0) is 0 Å². The standard InChI is InChI=1S/C16H24FNO/c1-5-13-7-6-11(3)18(13)16-8-10(2)15(17)9-14(16)12(4)19/h8-9,11-13,19H,5-7H2,1-4H3/t11?,12-,13?/m0/s1. The third kappa shape index (κ3) is 2.62. The topological polar surface area (TPSA) is 23.5 Å². The van der Waals surface area contributed by atoms with Crippen molar-refractivity contribution >= 4 is 5.69 Å². The largest absolute Gasteiger partial charge is 0.389 e. The third-order valence-corrected chi connectivity index (χ3v) is 4.29. The van der Waals surface area contributed by atoms with Crippen molar-refractivity contribution < 1.29 is 9.50 Å². The molecule has 1 aromatic rings.